The lowest BCUT2D eigenvalue weighted by Crippen LogP contribution is -2.00. The normalized spacial score (nSPS) is 11.1. The van der Waals surface area contributed by atoms with E-state index in [2.05, 4.69) is 15.3 Å². The van der Waals surface area contributed by atoms with E-state index in [1.165, 1.54) is 0 Å². The first-order valence-electron chi connectivity index (χ1n) is 7.25. The molecule has 3 aromatic rings. The third-order valence-electron chi connectivity index (χ3n) is 3.41. The Kier molecular flexibility index (Phi) is 5.08. The first kappa shape index (κ1) is 16.4. The lowest BCUT2D eigenvalue weighted by atomic mass is 10.1. The Balaban J connectivity index is 1.84. The summed E-state index contributed by atoms with van der Waals surface area (Å²) >= 11 is 11.2. The molecule has 0 atom stereocenters. The van der Waals surface area contributed by atoms with E-state index < -0.39 is 0 Å². The summed E-state index contributed by atoms with van der Waals surface area (Å²) < 4.78 is 7.22. The number of aromatic nitrogens is 3. The highest BCUT2D eigenvalue weighted by Gasteiger charge is 2.06. The summed E-state index contributed by atoms with van der Waals surface area (Å²) in [5, 5.41) is 12.1. The zero-order valence-corrected chi connectivity index (χ0v) is 14.5. The average molecular weight is 359 g/mol. The van der Waals surface area contributed by atoms with Crippen molar-refractivity contribution in [1.29, 1.82) is 0 Å². The highest BCUT2D eigenvalue weighted by molar-refractivity contribution is 7.71. The van der Waals surface area contributed by atoms with Gasteiger partial charge in [-0.15, -0.1) is 0 Å². The second-order valence-corrected chi connectivity index (χ2v) is 5.90. The quantitative estimate of drug-likeness (QED) is 0.552. The summed E-state index contributed by atoms with van der Waals surface area (Å²) in [7, 11) is 1.64. The van der Waals surface area contributed by atoms with Crippen LogP contribution in [0, 0.1) is 4.77 Å². The zero-order valence-electron chi connectivity index (χ0n) is 12.9. The van der Waals surface area contributed by atoms with E-state index in [1.54, 1.807) is 18.0 Å². The van der Waals surface area contributed by atoms with Crippen LogP contribution in [0.1, 0.15) is 17.0 Å². The number of hydrogen-bond donors (Lipinski definition) is 1. The Hall–Kier alpha value is -2.44. The number of methoxy groups -OCH3 is 1. The Labute approximate surface area is 149 Å². The molecule has 1 aromatic heterocycles. The van der Waals surface area contributed by atoms with Crippen molar-refractivity contribution in [2.24, 2.45) is 5.10 Å². The lowest BCUT2D eigenvalue weighted by Gasteiger charge is -2.03. The summed E-state index contributed by atoms with van der Waals surface area (Å²) in [4.78, 5) is 0. The van der Waals surface area contributed by atoms with Crippen LogP contribution in [0.5, 0.6) is 5.75 Å². The van der Waals surface area contributed by atoms with Crippen LogP contribution in [-0.4, -0.2) is 28.2 Å². The van der Waals surface area contributed by atoms with Gasteiger partial charge in [0.2, 0.25) is 4.77 Å². The first-order chi connectivity index (χ1) is 11.7. The molecule has 7 heteroatoms. The molecule has 1 N–H and O–H groups in total. The minimum Gasteiger partial charge on any atom is -0.497 e. The van der Waals surface area contributed by atoms with Gasteiger partial charge < -0.3 is 4.74 Å². The van der Waals surface area contributed by atoms with Gasteiger partial charge in [0, 0.05) is 11.4 Å². The molecule has 0 bridgehead atoms. The highest BCUT2D eigenvalue weighted by atomic mass is 35.5. The predicted octanol–water partition coefficient (Wildman–Crippen LogP) is 4.08. The Bertz CT molecular complexity index is 915. The molecule has 1 heterocycles. The number of H-pyrrole nitrogens is 1. The molecular formula is C17H15ClN4OS. The number of rotatable bonds is 5. The SMILES string of the molecule is COc1ccc(Cc2n[nH]c(=S)n2/N=C\c2cccc(Cl)c2)cc1. The van der Waals surface area contributed by atoms with Gasteiger partial charge in [-0.25, -0.2) is 0 Å². The number of nitrogens with zero attached hydrogens (tertiary/aromatic N) is 3. The fourth-order valence-electron chi connectivity index (χ4n) is 2.20. The summed E-state index contributed by atoms with van der Waals surface area (Å²) in [6.07, 6.45) is 2.30. The van der Waals surface area contributed by atoms with Gasteiger partial charge in [0.05, 0.1) is 13.3 Å². The number of aromatic amines is 1. The molecule has 0 saturated carbocycles. The molecule has 122 valence electrons. The molecule has 24 heavy (non-hydrogen) atoms. The van der Waals surface area contributed by atoms with Crippen LogP contribution >= 0.6 is 23.8 Å². The number of halogens is 1. The van der Waals surface area contributed by atoms with Crippen molar-refractivity contribution in [3.63, 3.8) is 0 Å². The number of benzene rings is 2. The molecule has 2 aromatic carbocycles. The molecule has 0 fully saturated rings. The van der Waals surface area contributed by atoms with Crippen LogP contribution in [0.4, 0.5) is 0 Å². The monoisotopic (exact) mass is 358 g/mol. The molecule has 0 unspecified atom stereocenters. The fourth-order valence-corrected chi connectivity index (χ4v) is 2.59. The summed E-state index contributed by atoms with van der Waals surface area (Å²) in [5.74, 6) is 1.54. The van der Waals surface area contributed by atoms with E-state index in [1.807, 2.05) is 48.5 Å². The third-order valence-corrected chi connectivity index (χ3v) is 3.91. The van der Waals surface area contributed by atoms with Crippen LogP contribution in [0.15, 0.2) is 53.6 Å². The Morgan fingerprint density at radius 1 is 1.29 bits per heavy atom. The highest BCUT2D eigenvalue weighted by Crippen LogP contribution is 2.14. The molecule has 0 spiro atoms. The fraction of sp³-hybridized carbons (Fsp3) is 0.118. The van der Waals surface area contributed by atoms with E-state index in [-0.39, 0.29) is 0 Å². The molecule has 0 aliphatic carbocycles. The van der Waals surface area contributed by atoms with E-state index >= 15 is 0 Å². The lowest BCUT2D eigenvalue weighted by molar-refractivity contribution is 0.414. The van der Waals surface area contributed by atoms with Crippen LogP contribution in [0.3, 0.4) is 0 Å². The first-order valence-corrected chi connectivity index (χ1v) is 8.03. The number of ether oxygens (including phenoxy) is 1. The van der Waals surface area contributed by atoms with Crippen molar-refractivity contribution in [2.75, 3.05) is 7.11 Å². The van der Waals surface area contributed by atoms with E-state index in [9.17, 15) is 0 Å². The van der Waals surface area contributed by atoms with E-state index in [0.29, 0.717) is 16.2 Å². The van der Waals surface area contributed by atoms with Crippen LogP contribution < -0.4 is 4.74 Å². The minimum absolute atomic E-state index is 0.441. The zero-order chi connectivity index (χ0) is 16.9. The van der Waals surface area contributed by atoms with Gasteiger partial charge in [0.1, 0.15) is 5.75 Å². The van der Waals surface area contributed by atoms with Gasteiger partial charge >= 0.3 is 0 Å². The van der Waals surface area contributed by atoms with Crippen molar-refractivity contribution in [2.45, 2.75) is 6.42 Å². The van der Waals surface area contributed by atoms with Crippen LogP contribution in [0.25, 0.3) is 0 Å². The maximum Gasteiger partial charge on any atom is 0.216 e. The van der Waals surface area contributed by atoms with Gasteiger partial charge in [0.25, 0.3) is 0 Å². The summed E-state index contributed by atoms with van der Waals surface area (Å²) in [6.45, 7) is 0. The van der Waals surface area contributed by atoms with Crippen LogP contribution in [-0.2, 0) is 6.42 Å². The molecule has 0 aliphatic heterocycles. The number of hydrogen-bond acceptors (Lipinski definition) is 4. The molecule has 0 radical (unpaired) electrons. The van der Waals surface area contributed by atoms with Gasteiger partial charge in [-0.05, 0) is 47.6 Å². The summed E-state index contributed by atoms with van der Waals surface area (Å²) in [6, 6.07) is 15.2. The third kappa shape index (κ3) is 3.90. The molecular weight excluding hydrogens is 344 g/mol. The van der Waals surface area contributed by atoms with E-state index in [0.717, 1.165) is 22.7 Å². The van der Waals surface area contributed by atoms with Crippen LogP contribution in [0.2, 0.25) is 5.02 Å². The van der Waals surface area contributed by atoms with E-state index in [4.69, 9.17) is 28.6 Å². The van der Waals surface area contributed by atoms with Crippen molar-refractivity contribution < 1.29 is 4.74 Å². The largest absolute Gasteiger partial charge is 0.497 e. The second-order valence-electron chi connectivity index (χ2n) is 5.08. The van der Waals surface area contributed by atoms with Crippen molar-refractivity contribution >= 4 is 30.0 Å². The molecule has 0 saturated heterocycles. The van der Waals surface area contributed by atoms with Gasteiger partial charge in [-0.1, -0.05) is 35.9 Å². The van der Waals surface area contributed by atoms with Gasteiger partial charge in [-0.2, -0.15) is 14.9 Å². The summed E-state index contributed by atoms with van der Waals surface area (Å²) in [5.41, 5.74) is 1.98. The van der Waals surface area contributed by atoms with Crippen molar-refractivity contribution in [3.05, 3.63) is 75.3 Å². The predicted molar refractivity (Wildman–Crippen MR) is 97.7 cm³/mol. The molecule has 5 nitrogen and oxygen atoms in total. The van der Waals surface area contributed by atoms with Crippen molar-refractivity contribution in [3.8, 4) is 5.75 Å². The molecule has 3 rings (SSSR count). The topological polar surface area (TPSA) is 55.2 Å². The Morgan fingerprint density at radius 3 is 2.79 bits per heavy atom. The Morgan fingerprint density at radius 2 is 2.08 bits per heavy atom. The standard InChI is InChI=1S/C17H15ClN4OS/c1-23-15-7-5-12(6-8-15)10-16-20-21-17(24)22(16)19-11-13-3-2-4-14(18)9-13/h2-9,11H,10H2,1H3,(H,21,24)/b19-11-. The smallest absolute Gasteiger partial charge is 0.216 e. The minimum atomic E-state index is 0.441. The molecule has 0 aliphatic rings. The maximum absolute atomic E-state index is 5.98. The second kappa shape index (κ2) is 7.42. The number of nitrogens with one attached hydrogen (secondary N) is 1. The average Bonchev–Trinajstić information content (AvgIpc) is 2.93. The van der Waals surface area contributed by atoms with Crippen molar-refractivity contribution in [1.82, 2.24) is 14.9 Å². The molecule has 0 amide bonds. The maximum atomic E-state index is 5.98. The van der Waals surface area contributed by atoms with Gasteiger partial charge in [0.15, 0.2) is 5.82 Å². The van der Waals surface area contributed by atoms with Gasteiger partial charge in [-0.3, -0.25) is 5.10 Å².